The molecular formula is C12H22N4O. The Labute approximate surface area is 102 Å². The van der Waals surface area contributed by atoms with Crippen LogP contribution in [-0.4, -0.2) is 34.0 Å². The summed E-state index contributed by atoms with van der Waals surface area (Å²) in [7, 11) is 0. The van der Waals surface area contributed by atoms with Crippen LogP contribution >= 0.6 is 0 Å². The molecule has 0 aromatic carbocycles. The molecule has 2 N–H and O–H groups in total. The summed E-state index contributed by atoms with van der Waals surface area (Å²) in [6.07, 6.45) is 4.68. The Morgan fingerprint density at radius 3 is 3.06 bits per heavy atom. The van der Waals surface area contributed by atoms with Crippen molar-refractivity contribution in [3.05, 3.63) is 12.2 Å². The molecule has 0 spiro atoms. The lowest BCUT2D eigenvalue weighted by atomic mass is 9.92. The van der Waals surface area contributed by atoms with Gasteiger partial charge in [0.15, 0.2) is 0 Å². The van der Waals surface area contributed by atoms with E-state index in [1.54, 1.807) is 6.33 Å². The lowest BCUT2D eigenvalue weighted by Crippen LogP contribution is -2.38. The van der Waals surface area contributed by atoms with E-state index in [0.29, 0.717) is 12.0 Å². The highest BCUT2D eigenvalue weighted by atomic mass is 16.5. The van der Waals surface area contributed by atoms with Crippen LogP contribution < -0.4 is 5.73 Å². The van der Waals surface area contributed by atoms with Crippen LogP contribution in [0.2, 0.25) is 0 Å². The molecule has 0 radical (unpaired) electrons. The Bertz CT molecular complexity index is 344. The van der Waals surface area contributed by atoms with Gasteiger partial charge in [-0.1, -0.05) is 0 Å². The summed E-state index contributed by atoms with van der Waals surface area (Å²) in [5.74, 6) is 1.44. The standard InChI is InChI=1S/C12H22N4O/c1-9(2)16-12(14-8-15-16)6-11(13)10-4-3-5-17-7-10/h8-11H,3-7,13H2,1-2H3. The topological polar surface area (TPSA) is 66.0 Å². The third-order valence-corrected chi connectivity index (χ3v) is 3.36. The Morgan fingerprint density at radius 1 is 1.59 bits per heavy atom. The number of aromatic nitrogens is 3. The second kappa shape index (κ2) is 5.60. The normalized spacial score (nSPS) is 22.9. The predicted molar refractivity (Wildman–Crippen MR) is 65.6 cm³/mol. The fraction of sp³-hybridized carbons (Fsp3) is 0.833. The lowest BCUT2D eigenvalue weighted by molar-refractivity contribution is 0.0446. The van der Waals surface area contributed by atoms with E-state index in [-0.39, 0.29) is 6.04 Å². The second-order valence-corrected chi connectivity index (χ2v) is 5.06. The molecule has 0 bridgehead atoms. The van der Waals surface area contributed by atoms with Gasteiger partial charge in [-0.15, -0.1) is 0 Å². The number of nitrogens with zero attached hydrogens (tertiary/aromatic N) is 3. The van der Waals surface area contributed by atoms with Gasteiger partial charge >= 0.3 is 0 Å². The minimum absolute atomic E-state index is 0.122. The van der Waals surface area contributed by atoms with Crippen LogP contribution in [0.3, 0.4) is 0 Å². The molecule has 5 nitrogen and oxygen atoms in total. The Hall–Kier alpha value is -0.940. The van der Waals surface area contributed by atoms with Gasteiger partial charge in [0, 0.05) is 25.1 Å². The lowest BCUT2D eigenvalue weighted by Gasteiger charge is -2.27. The van der Waals surface area contributed by atoms with Crippen molar-refractivity contribution in [1.82, 2.24) is 14.8 Å². The molecule has 5 heteroatoms. The molecule has 2 rings (SSSR count). The van der Waals surface area contributed by atoms with E-state index in [9.17, 15) is 0 Å². The van der Waals surface area contributed by atoms with E-state index in [2.05, 4.69) is 23.9 Å². The van der Waals surface area contributed by atoms with Gasteiger partial charge in [0.1, 0.15) is 12.2 Å². The highest BCUT2D eigenvalue weighted by molar-refractivity contribution is 4.92. The van der Waals surface area contributed by atoms with Gasteiger partial charge in [-0.3, -0.25) is 0 Å². The van der Waals surface area contributed by atoms with Gasteiger partial charge in [0.2, 0.25) is 0 Å². The van der Waals surface area contributed by atoms with Crippen molar-refractivity contribution >= 4 is 0 Å². The van der Waals surface area contributed by atoms with Crippen molar-refractivity contribution in [3.63, 3.8) is 0 Å². The molecule has 0 saturated carbocycles. The molecule has 0 amide bonds. The smallest absolute Gasteiger partial charge is 0.138 e. The molecule has 1 aromatic heterocycles. The minimum atomic E-state index is 0.122. The summed E-state index contributed by atoms with van der Waals surface area (Å²) in [4.78, 5) is 4.30. The van der Waals surface area contributed by atoms with E-state index in [1.807, 2.05) is 4.68 Å². The maximum absolute atomic E-state index is 6.25. The SMILES string of the molecule is CC(C)n1ncnc1CC(N)C1CCCOC1. The van der Waals surface area contributed by atoms with Crippen molar-refractivity contribution in [2.24, 2.45) is 11.7 Å². The van der Waals surface area contributed by atoms with Gasteiger partial charge < -0.3 is 10.5 Å². The Morgan fingerprint density at radius 2 is 2.41 bits per heavy atom. The van der Waals surface area contributed by atoms with Crippen LogP contribution in [0, 0.1) is 5.92 Å². The molecule has 2 heterocycles. The van der Waals surface area contributed by atoms with Gasteiger partial charge in [0.25, 0.3) is 0 Å². The molecule has 1 aliphatic heterocycles. The second-order valence-electron chi connectivity index (χ2n) is 5.06. The van der Waals surface area contributed by atoms with Crippen molar-refractivity contribution < 1.29 is 4.74 Å². The van der Waals surface area contributed by atoms with E-state index in [4.69, 9.17) is 10.5 Å². The zero-order chi connectivity index (χ0) is 12.3. The number of hydrogen-bond donors (Lipinski definition) is 1. The highest BCUT2D eigenvalue weighted by Gasteiger charge is 2.23. The molecule has 96 valence electrons. The monoisotopic (exact) mass is 238 g/mol. The number of nitrogens with two attached hydrogens (primary N) is 1. The number of rotatable bonds is 4. The van der Waals surface area contributed by atoms with E-state index < -0.39 is 0 Å². The summed E-state index contributed by atoms with van der Waals surface area (Å²) >= 11 is 0. The first-order valence-corrected chi connectivity index (χ1v) is 6.40. The van der Waals surface area contributed by atoms with Crippen molar-refractivity contribution in [1.29, 1.82) is 0 Å². The summed E-state index contributed by atoms with van der Waals surface area (Å²) < 4.78 is 7.43. The van der Waals surface area contributed by atoms with Gasteiger partial charge in [-0.2, -0.15) is 5.10 Å². The van der Waals surface area contributed by atoms with Crippen LogP contribution in [0.4, 0.5) is 0 Å². The largest absolute Gasteiger partial charge is 0.381 e. The molecule has 0 aliphatic carbocycles. The van der Waals surface area contributed by atoms with Crippen LogP contribution in [0.25, 0.3) is 0 Å². The molecular weight excluding hydrogens is 216 g/mol. The third kappa shape index (κ3) is 3.04. The number of ether oxygens (including phenoxy) is 1. The first kappa shape index (κ1) is 12.5. The zero-order valence-corrected chi connectivity index (χ0v) is 10.7. The molecule has 2 atom stereocenters. The van der Waals surface area contributed by atoms with Crippen LogP contribution in [0.1, 0.15) is 38.6 Å². The van der Waals surface area contributed by atoms with Crippen LogP contribution in [0.15, 0.2) is 6.33 Å². The summed E-state index contributed by atoms with van der Waals surface area (Å²) in [5.41, 5.74) is 6.25. The van der Waals surface area contributed by atoms with Crippen LogP contribution in [0.5, 0.6) is 0 Å². The minimum Gasteiger partial charge on any atom is -0.381 e. The molecule has 1 aliphatic rings. The van der Waals surface area contributed by atoms with Gasteiger partial charge in [0.05, 0.1) is 6.61 Å². The predicted octanol–water partition coefficient (Wildman–Crippen LogP) is 1.16. The van der Waals surface area contributed by atoms with Crippen molar-refractivity contribution in [2.75, 3.05) is 13.2 Å². The van der Waals surface area contributed by atoms with Crippen molar-refractivity contribution in [3.8, 4) is 0 Å². The average Bonchev–Trinajstić information content (AvgIpc) is 2.78. The Balaban J connectivity index is 1.97. The molecule has 1 saturated heterocycles. The summed E-state index contributed by atoms with van der Waals surface area (Å²) in [6, 6.07) is 0.458. The molecule has 17 heavy (non-hydrogen) atoms. The summed E-state index contributed by atoms with van der Waals surface area (Å²) in [6.45, 7) is 5.88. The maximum atomic E-state index is 6.25. The van der Waals surface area contributed by atoms with Crippen molar-refractivity contribution in [2.45, 2.75) is 45.2 Å². The highest BCUT2D eigenvalue weighted by Crippen LogP contribution is 2.19. The fourth-order valence-corrected chi connectivity index (χ4v) is 2.33. The quantitative estimate of drug-likeness (QED) is 0.854. The van der Waals surface area contributed by atoms with Gasteiger partial charge in [-0.05, 0) is 32.6 Å². The third-order valence-electron chi connectivity index (χ3n) is 3.36. The average molecular weight is 238 g/mol. The van der Waals surface area contributed by atoms with Gasteiger partial charge in [-0.25, -0.2) is 9.67 Å². The van der Waals surface area contributed by atoms with Crippen LogP contribution in [-0.2, 0) is 11.2 Å². The first-order valence-electron chi connectivity index (χ1n) is 6.40. The van der Waals surface area contributed by atoms with E-state index >= 15 is 0 Å². The summed E-state index contributed by atoms with van der Waals surface area (Å²) in [5, 5.41) is 4.23. The van der Waals surface area contributed by atoms with E-state index in [0.717, 1.165) is 38.3 Å². The molecule has 2 unspecified atom stereocenters. The molecule has 1 aromatic rings. The fourth-order valence-electron chi connectivity index (χ4n) is 2.33. The Kier molecular flexibility index (Phi) is 4.12. The maximum Gasteiger partial charge on any atom is 0.138 e. The van der Waals surface area contributed by atoms with E-state index in [1.165, 1.54) is 0 Å². The zero-order valence-electron chi connectivity index (χ0n) is 10.7. The molecule has 1 fully saturated rings. The number of hydrogen-bond acceptors (Lipinski definition) is 4. The first-order chi connectivity index (χ1) is 8.18.